The highest BCUT2D eigenvalue weighted by molar-refractivity contribution is 5.80. The van der Waals surface area contributed by atoms with Gasteiger partial charge in [-0.15, -0.1) is 0 Å². The smallest absolute Gasteiger partial charge is 0.407 e. The molecular weight excluding hydrogens is 374 g/mol. The molecule has 8 heteroatoms. The second kappa shape index (κ2) is 9.09. The molecule has 1 aliphatic carbocycles. The maximum Gasteiger partial charge on any atom is 0.407 e. The number of amides is 3. The third-order valence-electron chi connectivity index (χ3n) is 4.89. The summed E-state index contributed by atoms with van der Waals surface area (Å²) in [5, 5.41) is 15.9. The number of nitrogens with one attached hydrogen (secondary N) is 2. The van der Waals surface area contributed by atoms with Crippen LogP contribution in [0.3, 0.4) is 0 Å². The van der Waals surface area contributed by atoms with E-state index in [1.807, 2.05) is 48.5 Å². The number of carboxylic acids is 1. The zero-order valence-corrected chi connectivity index (χ0v) is 15.7. The average molecular weight is 396 g/mol. The number of benzene rings is 2. The van der Waals surface area contributed by atoms with Crippen molar-refractivity contribution in [3.8, 4) is 11.1 Å². The summed E-state index contributed by atoms with van der Waals surface area (Å²) in [4.78, 5) is 34.1. The van der Waals surface area contributed by atoms with Crippen LogP contribution in [-0.4, -0.2) is 37.3 Å². The van der Waals surface area contributed by atoms with Crippen molar-refractivity contribution in [2.45, 2.75) is 24.8 Å². The molecule has 0 radical (unpaired) electrons. The van der Waals surface area contributed by atoms with Crippen LogP contribution in [0.2, 0.25) is 0 Å². The van der Waals surface area contributed by atoms with Crippen LogP contribution < -0.4 is 21.5 Å². The van der Waals surface area contributed by atoms with E-state index in [0.717, 1.165) is 22.3 Å². The predicted molar refractivity (Wildman–Crippen MR) is 104 cm³/mol. The monoisotopic (exact) mass is 396 g/mol. The van der Waals surface area contributed by atoms with E-state index in [0.29, 0.717) is 6.42 Å². The minimum absolute atomic E-state index is 0.0762. The van der Waals surface area contributed by atoms with E-state index in [9.17, 15) is 19.5 Å². The number of ether oxygens (including phenoxy) is 1. The first-order valence-corrected chi connectivity index (χ1v) is 9.33. The van der Waals surface area contributed by atoms with Crippen molar-refractivity contribution < 1.29 is 24.2 Å². The molecule has 0 aromatic heterocycles. The van der Waals surface area contributed by atoms with Gasteiger partial charge in [0, 0.05) is 12.5 Å². The molecule has 0 aliphatic heterocycles. The first kappa shape index (κ1) is 20.2. The molecule has 0 unspecified atom stereocenters. The zero-order chi connectivity index (χ0) is 20.8. The third-order valence-corrected chi connectivity index (χ3v) is 4.89. The molecule has 2 aromatic carbocycles. The van der Waals surface area contributed by atoms with E-state index in [1.165, 1.54) is 0 Å². The number of hydrogen-bond acceptors (Lipinski definition) is 5. The third kappa shape index (κ3) is 4.84. The zero-order valence-electron chi connectivity index (χ0n) is 15.7. The summed E-state index contributed by atoms with van der Waals surface area (Å²) >= 11 is 0. The van der Waals surface area contributed by atoms with Crippen molar-refractivity contribution in [3.63, 3.8) is 0 Å². The van der Waals surface area contributed by atoms with E-state index in [-0.39, 0.29) is 25.5 Å². The number of fused-ring (bicyclic) bond motifs is 3. The average Bonchev–Trinajstić information content (AvgIpc) is 3.02. The van der Waals surface area contributed by atoms with E-state index in [1.54, 1.807) is 0 Å². The lowest BCUT2D eigenvalue weighted by Crippen LogP contribution is -2.48. The van der Waals surface area contributed by atoms with Crippen molar-refractivity contribution in [1.29, 1.82) is 0 Å². The summed E-state index contributed by atoms with van der Waals surface area (Å²) in [7, 11) is 0. The number of alkyl carbamates (subject to hydrolysis) is 1. The van der Waals surface area contributed by atoms with Gasteiger partial charge in [0.05, 0.1) is 12.0 Å². The molecule has 0 saturated heterocycles. The standard InChI is InChI=1S/C21H23N3O5/c22-20(27)23-11-5-10-18(19(25)26)24-21(28)29-12-17-15-8-3-1-6-13(15)14-7-2-4-9-16(14)17/h1-4,6-9,17-18H,5,10-12H2,(H,24,28)(H,25,26)(H3,22,23,27)/p-1/t18-/m0/s1. The number of nitrogens with two attached hydrogens (primary N) is 1. The summed E-state index contributed by atoms with van der Waals surface area (Å²) in [6.07, 6.45) is -0.443. The van der Waals surface area contributed by atoms with Gasteiger partial charge >= 0.3 is 12.1 Å². The fraction of sp³-hybridized carbons (Fsp3) is 0.286. The lowest BCUT2D eigenvalue weighted by atomic mass is 9.98. The summed E-state index contributed by atoms with van der Waals surface area (Å²) in [5.74, 6) is -1.54. The van der Waals surface area contributed by atoms with Crippen LogP contribution in [0.25, 0.3) is 11.1 Å². The van der Waals surface area contributed by atoms with Crippen molar-refractivity contribution in [3.05, 3.63) is 59.7 Å². The highest BCUT2D eigenvalue weighted by Gasteiger charge is 2.29. The Morgan fingerprint density at radius 1 is 1.03 bits per heavy atom. The lowest BCUT2D eigenvalue weighted by molar-refractivity contribution is -0.308. The van der Waals surface area contributed by atoms with Gasteiger partial charge in [-0.05, 0) is 35.1 Å². The molecule has 0 spiro atoms. The predicted octanol–water partition coefficient (Wildman–Crippen LogP) is 1.09. The Morgan fingerprint density at radius 2 is 1.62 bits per heavy atom. The van der Waals surface area contributed by atoms with Crippen LogP contribution >= 0.6 is 0 Å². The van der Waals surface area contributed by atoms with E-state index >= 15 is 0 Å². The maximum absolute atomic E-state index is 12.2. The molecule has 8 nitrogen and oxygen atoms in total. The quantitative estimate of drug-likeness (QED) is 0.575. The summed E-state index contributed by atoms with van der Waals surface area (Å²) in [5.41, 5.74) is 9.29. The van der Waals surface area contributed by atoms with Gasteiger partial charge < -0.3 is 31.0 Å². The van der Waals surface area contributed by atoms with Gasteiger partial charge in [0.1, 0.15) is 6.61 Å². The van der Waals surface area contributed by atoms with Crippen LogP contribution in [-0.2, 0) is 9.53 Å². The maximum atomic E-state index is 12.2. The topological polar surface area (TPSA) is 134 Å². The Balaban J connectivity index is 1.58. The highest BCUT2D eigenvalue weighted by atomic mass is 16.5. The molecule has 2 aromatic rings. The molecule has 3 amide bonds. The van der Waals surface area contributed by atoms with Crippen molar-refractivity contribution in [2.24, 2.45) is 5.73 Å². The fourth-order valence-corrected chi connectivity index (χ4v) is 3.55. The van der Waals surface area contributed by atoms with E-state index in [4.69, 9.17) is 10.5 Å². The molecule has 0 heterocycles. The molecule has 0 bridgehead atoms. The number of hydrogen-bond donors (Lipinski definition) is 3. The molecule has 152 valence electrons. The van der Waals surface area contributed by atoms with Crippen LogP contribution in [0.1, 0.15) is 29.9 Å². The van der Waals surface area contributed by atoms with Gasteiger partial charge in [0.2, 0.25) is 0 Å². The van der Waals surface area contributed by atoms with Crippen molar-refractivity contribution in [1.82, 2.24) is 10.6 Å². The molecular formula is C21H22N3O5-. The Labute approximate surface area is 168 Å². The molecule has 4 N–H and O–H groups in total. The van der Waals surface area contributed by atoms with Gasteiger partial charge in [-0.2, -0.15) is 0 Å². The van der Waals surface area contributed by atoms with Gasteiger partial charge in [0.15, 0.2) is 0 Å². The van der Waals surface area contributed by atoms with E-state index < -0.39 is 24.1 Å². The molecule has 0 saturated carbocycles. The summed E-state index contributed by atoms with van der Waals surface area (Å²) in [6, 6.07) is 13.9. The highest BCUT2D eigenvalue weighted by Crippen LogP contribution is 2.44. The number of primary amides is 1. The Hall–Kier alpha value is -3.55. The summed E-state index contributed by atoms with van der Waals surface area (Å²) < 4.78 is 5.33. The van der Waals surface area contributed by atoms with Crippen LogP contribution in [0, 0.1) is 0 Å². The fourth-order valence-electron chi connectivity index (χ4n) is 3.55. The van der Waals surface area contributed by atoms with Crippen LogP contribution in [0.15, 0.2) is 48.5 Å². The first-order chi connectivity index (χ1) is 14.0. The number of urea groups is 1. The second-order valence-electron chi connectivity index (χ2n) is 6.77. The molecule has 29 heavy (non-hydrogen) atoms. The van der Waals surface area contributed by atoms with Gasteiger partial charge in [0.25, 0.3) is 0 Å². The molecule has 3 rings (SSSR count). The molecule has 0 fully saturated rings. The largest absolute Gasteiger partial charge is 0.548 e. The number of carbonyl (C=O) groups excluding carboxylic acids is 3. The Bertz CT molecular complexity index is 869. The Kier molecular flexibility index (Phi) is 6.33. The van der Waals surface area contributed by atoms with Gasteiger partial charge in [-0.1, -0.05) is 48.5 Å². The molecule has 1 atom stereocenters. The van der Waals surface area contributed by atoms with Crippen molar-refractivity contribution >= 4 is 18.1 Å². The van der Waals surface area contributed by atoms with Crippen molar-refractivity contribution in [2.75, 3.05) is 13.2 Å². The SMILES string of the molecule is NC(=O)NCCC[C@H](NC(=O)OCC1c2ccccc2-c2ccccc21)C(=O)[O-]. The normalized spacial score (nSPS) is 13.1. The summed E-state index contributed by atoms with van der Waals surface area (Å²) in [6.45, 7) is 0.286. The second-order valence-corrected chi connectivity index (χ2v) is 6.77. The van der Waals surface area contributed by atoms with Gasteiger partial charge in [-0.3, -0.25) is 0 Å². The van der Waals surface area contributed by atoms with Gasteiger partial charge in [-0.25, -0.2) is 9.59 Å². The van der Waals surface area contributed by atoms with Crippen LogP contribution in [0.4, 0.5) is 9.59 Å². The first-order valence-electron chi connectivity index (χ1n) is 9.33. The van der Waals surface area contributed by atoms with E-state index in [2.05, 4.69) is 10.6 Å². The molecule has 1 aliphatic rings. The number of carboxylic acid groups (broad SMARTS) is 1. The van der Waals surface area contributed by atoms with Crippen LogP contribution in [0.5, 0.6) is 0 Å². The lowest BCUT2D eigenvalue weighted by Gasteiger charge is -2.20. The number of aliphatic carboxylic acids is 1. The minimum Gasteiger partial charge on any atom is -0.548 e. The number of carbonyl (C=O) groups is 3. The number of rotatable bonds is 8. The Morgan fingerprint density at radius 3 is 2.17 bits per heavy atom. The minimum atomic E-state index is -1.42.